The number of carbonyl (C=O) groups is 1. The van der Waals surface area contributed by atoms with E-state index in [9.17, 15) is 4.79 Å². The molecule has 0 saturated carbocycles. The lowest BCUT2D eigenvalue weighted by atomic mass is 10.1. The maximum atomic E-state index is 11.7. The lowest BCUT2D eigenvalue weighted by Crippen LogP contribution is -2.22. The van der Waals surface area contributed by atoms with Crippen LogP contribution in [0.15, 0.2) is 41.0 Å². The molecule has 0 aliphatic carbocycles. The minimum Gasteiger partial charge on any atom is -0.444 e. The summed E-state index contributed by atoms with van der Waals surface area (Å²) >= 11 is 0. The molecular weight excluding hydrogens is 314 g/mol. The number of unbranched alkanes of at least 4 members (excludes halogenated alkanes) is 3. The molecule has 1 aromatic carbocycles. The molecule has 0 saturated heterocycles. The monoisotopic (exact) mass is 337 g/mol. The summed E-state index contributed by atoms with van der Waals surface area (Å²) in [4.78, 5) is 16.1. The number of halogens is 1. The molecule has 0 spiro atoms. The second-order valence-electron chi connectivity index (χ2n) is 5.24. The standard InChI is InChI=1S/C17H23N3O2.ClH/c18-11-7-2-1-6-10-16(21)19-12-15-13-22-17(20-15)14-8-4-3-5-9-14;/h3-5,8-9,13H,1-2,6-7,10-12,18H2,(H,19,21);1H. The van der Waals surface area contributed by atoms with Crippen molar-refractivity contribution in [2.75, 3.05) is 6.54 Å². The summed E-state index contributed by atoms with van der Waals surface area (Å²) in [5, 5.41) is 2.87. The quantitative estimate of drug-likeness (QED) is 0.688. The molecule has 1 aromatic heterocycles. The number of nitrogens with zero attached hydrogens (tertiary/aromatic N) is 1. The minimum absolute atomic E-state index is 0. The molecule has 23 heavy (non-hydrogen) atoms. The number of hydrogen-bond donors (Lipinski definition) is 2. The largest absolute Gasteiger partial charge is 0.444 e. The van der Waals surface area contributed by atoms with E-state index in [0.717, 1.165) is 43.5 Å². The second kappa shape index (κ2) is 10.8. The van der Waals surface area contributed by atoms with Crippen LogP contribution in [0.3, 0.4) is 0 Å². The van der Waals surface area contributed by atoms with Crippen LogP contribution in [0.5, 0.6) is 0 Å². The summed E-state index contributed by atoms with van der Waals surface area (Å²) in [5.74, 6) is 0.628. The maximum absolute atomic E-state index is 11.7. The molecule has 1 amide bonds. The second-order valence-corrected chi connectivity index (χ2v) is 5.24. The molecule has 1 heterocycles. The van der Waals surface area contributed by atoms with E-state index < -0.39 is 0 Å². The van der Waals surface area contributed by atoms with Crippen molar-refractivity contribution >= 4 is 18.3 Å². The number of oxazole rings is 1. The topological polar surface area (TPSA) is 81.2 Å². The summed E-state index contributed by atoms with van der Waals surface area (Å²) in [5.41, 5.74) is 7.09. The highest BCUT2D eigenvalue weighted by Gasteiger charge is 2.07. The fourth-order valence-electron chi connectivity index (χ4n) is 2.16. The Balaban J connectivity index is 0.00000264. The third-order valence-electron chi connectivity index (χ3n) is 3.40. The number of nitrogens with two attached hydrogens (primary N) is 1. The predicted octanol–water partition coefficient (Wildman–Crippen LogP) is 3.29. The Morgan fingerprint density at radius 3 is 2.61 bits per heavy atom. The average molecular weight is 338 g/mol. The van der Waals surface area contributed by atoms with E-state index in [1.165, 1.54) is 0 Å². The molecule has 0 unspecified atom stereocenters. The average Bonchev–Trinajstić information content (AvgIpc) is 3.02. The first-order chi connectivity index (χ1) is 10.8. The molecular formula is C17H24ClN3O2. The maximum Gasteiger partial charge on any atom is 0.226 e. The van der Waals surface area contributed by atoms with E-state index in [-0.39, 0.29) is 18.3 Å². The Morgan fingerprint density at radius 2 is 1.87 bits per heavy atom. The Hall–Kier alpha value is -1.85. The summed E-state index contributed by atoms with van der Waals surface area (Å²) in [7, 11) is 0. The summed E-state index contributed by atoms with van der Waals surface area (Å²) in [6, 6.07) is 9.70. The van der Waals surface area contributed by atoms with Crippen LogP contribution in [0, 0.1) is 0 Å². The van der Waals surface area contributed by atoms with Gasteiger partial charge in [0.1, 0.15) is 6.26 Å². The number of aromatic nitrogens is 1. The molecule has 0 fully saturated rings. The SMILES string of the molecule is Cl.NCCCCCCC(=O)NCc1coc(-c2ccccc2)n1. The van der Waals surface area contributed by atoms with Crippen LogP contribution in [0.2, 0.25) is 0 Å². The number of amides is 1. The van der Waals surface area contributed by atoms with E-state index in [1.54, 1.807) is 6.26 Å². The zero-order chi connectivity index (χ0) is 15.6. The number of hydrogen-bond acceptors (Lipinski definition) is 4. The van der Waals surface area contributed by atoms with Crippen LogP contribution in [-0.2, 0) is 11.3 Å². The highest BCUT2D eigenvalue weighted by Crippen LogP contribution is 2.17. The zero-order valence-corrected chi connectivity index (χ0v) is 14.0. The van der Waals surface area contributed by atoms with Gasteiger partial charge in [0, 0.05) is 12.0 Å². The van der Waals surface area contributed by atoms with Gasteiger partial charge in [-0.05, 0) is 31.5 Å². The van der Waals surface area contributed by atoms with Crippen molar-refractivity contribution in [3.05, 3.63) is 42.3 Å². The Kier molecular flexibility index (Phi) is 9.02. The fourth-order valence-corrected chi connectivity index (χ4v) is 2.16. The predicted molar refractivity (Wildman–Crippen MR) is 93.2 cm³/mol. The highest BCUT2D eigenvalue weighted by molar-refractivity contribution is 5.85. The van der Waals surface area contributed by atoms with Gasteiger partial charge in [-0.1, -0.05) is 31.0 Å². The highest BCUT2D eigenvalue weighted by atomic mass is 35.5. The third-order valence-corrected chi connectivity index (χ3v) is 3.40. The number of benzene rings is 1. The van der Waals surface area contributed by atoms with E-state index in [4.69, 9.17) is 10.2 Å². The lowest BCUT2D eigenvalue weighted by molar-refractivity contribution is -0.121. The van der Waals surface area contributed by atoms with Crippen molar-refractivity contribution in [3.8, 4) is 11.5 Å². The Labute approximate surface area is 143 Å². The van der Waals surface area contributed by atoms with Crippen LogP contribution in [-0.4, -0.2) is 17.4 Å². The van der Waals surface area contributed by atoms with Gasteiger partial charge in [0.2, 0.25) is 11.8 Å². The van der Waals surface area contributed by atoms with Crippen molar-refractivity contribution in [2.24, 2.45) is 5.73 Å². The van der Waals surface area contributed by atoms with Gasteiger partial charge < -0.3 is 15.5 Å². The van der Waals surface area contributed by atoms with Crippen molar-refractivity contribution < 1.29 is 9.21 Å². The molecule has 2 aromatic rings. The summed E-state index contributed by atoms with van der Waals surface area (Å²) in [6.45, 7) is 1.13. The van der Waals surface area contributed by atoms with Crippen LogP contribution < -0.4 is 11.1 Å². The van der Waals surface area contributed by atoms with E-state index in [0.29, 0.717) is 18.9 Å². The fraction of sp³-hybridized carbons (Fsp3) is 0.412. The van der Waals surface area contributed by atoms with Crippen LogP contribution in [0.4, 0.5) is 0 Å². The number of carbonyl (C=O) groups excluding carboxylic acids is 1. The molecule has 0 bridgehead atoms. The molecule has 6 heteroatoms. The van der Waals surface area contributed by atoms with Crippen molar-refractivity contribution in [3.63, 3.8) is 0 Å². The van der Waals surface area contributed by atoms with Gasteiger partial charge >= 0.3 is 0 Å². The first-order valence-corrected chi connectivity index (χ1v) is 7.76. The molecule has 126 valence electrons. The van der Waals surface area contributed by atoms with Crippen LogP contribution in [0.1, 0.15) is 37.8 Å². The van der Waals surface area contributed by atoms with Gasteiger partial charge in [0.15, 0.2) is 0 Å². The minimum atomic E-state index is 0. The smallest absolute Gasteiger partial charge is 0.226 e. The van der Waals surface area contributed by atoms with Gasteiger partial charge in [-0.3, -0.25) is 4.79 Å². The third kappa shape index (κ3) is 6.84. The van der Waals surface area contributed by atoms with Crippen molar-refractivity contribution in [2.45, 2.75) is 38.6 Å². The zero-order valence-electron chi connectivity index (χ0n) is 13.2. The molecule has 3 N–H and O–H groups in total. The normalized spacial score (nSPS) is 10.1. The molecule has 0 radical (unpaired) electrons. The number of nitrogens with one attached hydrogen (secondary N) is 1. The summed E-state index contributed by atoms with van der Waals surface area (Å²) in [6.07, 6.45) is 6.21. The van der Waals surface area contributed by atoms with Gasteiger partial charge in [0.25, 0.3) is 0 Å². The molecule has 5 nitrogen and oxygen atoms in total. The van der Waals surface area contributed by atoms with E-state index in [2.05, 4.69) is 10.3 Å². The van der Waals surface area contributed by atoms with E-state index >= 15 is 0 Å². The molecule has 2 rings (SSSR count). The Bertz CT molecular complexity index is 572. The van der Waals surface area contributed by atoms with Gasteiger partial charge in [-0.25, -0.2) is 4.98 Å². The first-order valence-electron chi connectivity index (χ1n) is 7.76. The lowest BCUT2D eigenvalue weighted by Gasteiger charge is -2.02. The van der Waals surface area contributed by atoms with Gasteiger partial charge in [-0.15, -0.1) is 12.4 Å². The van der Waals surface area contributed by atoms with Crippen LogP contribution >= 0.6 is 12.4 Å². The summed E-state index contributed by atoms with van der Waals surface area (Å²) < 4.78 is 5.43. The molecule has 0 aliphatic rings. The number of rotatable bonds is 9. The molecule has 0 atom stereocenters. The van der Waals surface area contributed by atoms with Crippen LogP contribution in [0.25, 0.3) is 11.5 Å². The Morgan fingerprint density at radius 1 is 1.13 bits per heavy atom. The molecule has 0 aliphatic heterocycles. The van der Waals surface area contributed by atoms with Crippen molar-refractivity contribution in [1.82, 2.24) is 10.3 Å². The van der Waals surface area contributed by atoms with Gasteiger partial charge in [-0.2, -0.15) is 0 Å². The van der Waals surface area contributed by atoms with E-state index in [1.807, 2.05) is 30.3 Å². The van der Waals surface area contributed by atoms with Crippen molar-refractivity contribution in [1.29, 1.82) is 0 Å². The van der Waals surface area contributed by atoms with Gasteiger partial charge in [0.05, 0.1) is 12.2 Å². The first kappa shape index (κ1) is 19.2.